The van der Waals surface area contributed by atoms with Gasteiger partial charge in [0.1, 0.15) is 0 Å². The van der Waals surface area contributed by atoms with E-state index in [9.17, 15) is 4.79 Å². The highest BCUT2D eigenvalue weighted by molar-refractivity contribution is 7.71. The molecule has 0 saturated heterocycles. The molecule has 0 aliphatic rings. The Balaban J connectivity index is 1.92. The summed E-state index contributed by atoms with van der Waals surface area (Å²) in [5.74, 6) is 0.329. The monoisotopic (exact) mass is 322 g/mol. The topological polar surface area (TPSA) is 76.7 Å². The van der Waals surface area contributed by atoms with Crippen LogP contribution in [0.2, 0.25) is 0 Å². The van der Waals surface area contributed by atoms with Gasteiger partial charge in [-0.2, -0.15) is 0 Å². The Morgan fingerprint density at radius 1 is 1.00 bits per heavy atom. The quantitative estimate of drug-likeness (QED) is 0.574. The molecule has 112 valence electrons. The maximum atomic E-state index is 12.6. The molecule has 0 aliphatic carbocycles. The third kappa shape index (κ3) is 2.27. The highest BCUT2D eigenvalue weighted by Crippen LogP contribution is 2.18. The first kappa shape index (κ1) is 13.6. The zero-order chi connectivity index (χ0) is 15.8. The molecule has 23 heavy (non-hydrogen) atoms. The van der Waals surface area contributed by atoms with Gasteiger partial charge in [-0.15, -0.1) is 5.10 Å². The van der Waals surface area contributed by atoms with Gasteiger partial charge in [-0.25, -0.2) is 4.57 Å². The number of aromatic amines is 1. The largest absolute Gasteiger partial charge is 0.403 e. The smallest absolute Gasteiger partial charge is 0.332 e. The van der Waals surface area contributed by atoms with Crippen molar-refractivity contribution in [1.82, 2.24) is 19.7 Å². The van der Waals surface area contributed by atoms with Crippen LogP contribution < -0.4 is 5.56 Å². The van der Waals surface area contributed by atoms with E-state index in [1.54, 1.807) is 18.2 Å². The molecular weight excluding hydrogens is 312 g/mol. The minimum absolute atomic E-state index is 0.0425. The molecule has 0 radical (unpaired) electrons. The fourth-order valence-corrected chi connectivity index (χ4v) is 2.61. The van der Waals surface area contributed by atoms with Crippen molar-refractivity contribution in [1.29, 1.82) is 0 Å². The zero-order valence-corrected chi connectivity index (χ0v) is 12.6. The summed E-state index contributed by atoms with van der Waals surface area (Å²) >= 11 is 5.25. The van der Waals surface area contributed by atoms with Crippen LogP contribution in [0.1, 0.15) is 0 Å². The lowest BCUT2D eigenvalue weighted by Gasteiger charge is -2.03. The molecule has 0 aliphatic heterocycles. The number of para-hydroxylation sites is 1. The van der Waals surface area contributed by atoms with E-state index in [1.165, 1.54) is 4.57 Å². The first-order valence-electron chi connectivity index (χ1n) is 6.87. The normalized spacial score (nSPS) is 11.0. The predicted octanol–water partition coefficient (Wildman–Crippen LogP) is 3.10. The van der Waals surface area contributed by atoms with Crippen molar-refractivity contribution < 1.29 is 4.42 Å². The van der Waals surface area contributed by atoms with Crippen LogP contribution in [0.3, 0.4) is 0 Å². The average Bonchev–Trinajstić information content (AvgIpc) is 3.05. The third-order valence-corrected chi connectivity index (χ3v) is 3.72. The van der Waals surface area contributed by atoms with Gasteiger partial charge in [0.05, 0.1) is 10.9 Å². The molecule has 1 N–H and O–H groups in total. The number of nitrogens with zero attached hydrogens (tertiary/aromatic N) is 3. The average molecular weight is 322 g/mol. The van der Waals surface area contributed by atoms with E-state index in [-0.39, 0.29) is 16.3 Å². The molecule has 0 fully saturated rings. The number of H-pyrrole nitrogens is 1. The van der Waals surface area contributed by atoms with E-state index in [2.05, 4.69) is 15.2 Å². The number of fused-ring (bicyclic) bond motifs is 1. The molecule has 0 spiro atoms. The second-order valence-corrected chi connectivity index (χ2v) is 5.26. The molecule has 0 saturated carbocycles. The Morgan fingerprint density at radius 2 is 1.74 bits per heavy atom. The van der Waals surface area contributed by atoms with Crippen LogP contribution >= 0.6 is 12.2 Å². The van der Waals surface area contributed by atoms with E-state index in [4.69, 9.17) is 16.6 Å². The van der Waals surface area contributed by atoms with Crippen molar-refractivity contribution in [3.8, 4) is 17.5 Å². The van der Waals surface area contributed by atoms with Crippen molar-refractivity contribution in [2.24, 2.45) is 0 Å². The van der Waals surface area contributed by atoms with Crippen LogP contribution in [-0.4, -0.2) is 19.7 Å². The maximum Gasteiger partial charge on any atom is 0.332 e. The van der Waals surface area contributed by atoms with Gasteiger partial charge in [0.15, 0.2) is 4.77 Å². The van der Waals surface area contributed by atoms with Gasteiger partial charge < -0.3 is 9.40 Å². The molecule has 0 unspecified atom stereocenters. The van der Waals surface area contributed by atoms with Gasteiger partial charge in [-0.05, 0) is 36.5 Å². The molecular formula is C16H10N4O2S. The van der Waals surface area contributed by atoms with Crippen LogP contribution in [0.15, 0.2) is 63.8 Å². The maximum absolute atomic E-state index is 12.6. The summed E-state index contributed by atoms with van der Waals surface area (Å²) < 4.78 is 7.03. The number of hydrogen-bond donors (Lipinski definition) is 1. The lowest BCUT2D eigenvalue weighted by Crippen LogP contribution is -2.20. The first-order chi connectivity index (χ1) is 11.2. The van der Waals surface area contributed by atoms with Crippen LogP contribution in [0.25, 0.3) is 28.4 Å². The van der Waals surface area contributed by atoms with E-state index in [0.29, 0.717) is 16.8 Å². The molecule has 0 atom stereocenters. The van der Waals surface area contributed by atoms with Gasteiger partial charge >= 0.3 is 6.01 Å². The van der Waals surface area contributed by atoms with Crippen molar-refractivity contribution in [3.63, 3.8) is 0 Å². The highest BCUT2D eigenvalue weighted by Gasteiger charge is 2.14. The Morgan fingerprint density at radius 3 is 2.57 bits per heavy atom. The molecule has 2 aromatic carbocycles. The number of hydrogen-bond acceptors (Lipinski definition) is 5. The van der Waals surface area contributed by atoms with Crippen molar-refractivity contribution in [3.05, 3.63) is 69.7 Å². The number of benzene rings is 2. The Hall–Kier alpha value is -3.06. The highest BCUT2D eigenvalue weighted by atomic mass is 32.1. The predicted molar refractivity (Wildman–Crippen MR) is 88.0 cm³/mol. The van der Waals surface area contributed by atoms with Crippen LogP contribution in [0.4, 0.5) is 0 Å². The summed E-state index contributed by atoms with van der Waals surface area (Å²) in [5.41, 5.74) is 1.14. The molecule has 2 aromatic heterocycles. The van der Waals surface area contributed by atoms with E-state index in [1.807, 2.05) is 36.4 Å². The first-order valence-corrected chi connectivity index (χ1v) is 7.28. The summed E-state index contributed by atoms with van der Waals surface area (Å²) in [6, 6.07) is 16.5. The van der Waals surface area contributed by atoms with Gasteiger partial charge in [0.2, 0.25) is 5.89 Å². The lowest BCUT2D eigenvalue weighted by atomic mass is 10.2. The molecule has 4 aromatic rings. The SMILES string of the molecule is O=c1c2ccccc2[nH]c(=S)n1-c1nnc(-c2ccccc2)o1. The second kappa shape index (κ2) is 5.29. The minimum Gasteiger partial charge on any atom is -0.403 e. The fourth-order valence-electron chi connectivity index (χ4n) is 2.34. The summed E-state index contributed by atoms with van der Waals surface area (Å²) in [6.45, 7) is 0. The number of rotatable bonds is 2. The van der Waals surface area contributed by atoms with Crippen LogP contribution in [-0.2, 0) is 0 Å². The van der Waals surface area contributed by atoms with E-state index >= 15 is 0 Å². The standard InChI is InChI=1S/C16H10N4O2S/c21-14-11-8-4-5-9-12(11)17-16(23)20(14)15-19-18-13(22-15)10-6-2-1-3-7-10/h1-9H,(H,17,23). The van der Waals surface area contributed by atoms with E-state index < -0.39 is 0 Å². The summed E-state index contributed by atoms with van der Waals surface area (Å²) in [6.07, 6.45) is 0. The van der Waals surface area contributed by atoms with Crippen molar-refractivity contribution >= 4 is 23.1 Å². The fraction of sp³-hybridized carbons (Fsp3) is 0. The van der Waals surface area contributed by atoms with Gasteiger partial charge in [-0.1, -0.05) is 35.4 Å². The molecule has 0 bridgehead atoms. The summed E-state index contributed by atoms with van der Waals surface area (Å²) in [5, 5.41) is 8.44. The molecule has 2 heterocycles. The second-order valence-electron chi connectivity index (χ2n) is 4.87. The number of aromatic nitrogens is 4. The van der Waals surface area contributed by atoms with Crippen molar-refractivity contribution in [2.45, 2.75) is 0 Å². The lowest BCUT2D eigenvalue weighted by molar-refractivity contribution is 0.529. The third-order valence-electron chi connectivity index (χ3n) is 3.43. The van der Waals surface area contributed by atoms with E-state index in [0.717, 1.165) is 5.56 Å². The Labute approximate surface area is 135 Å². The molecule has 0 amide bonds. The van der Waals surface area contributed by atoms with Crippen molar-refractivity contribution in [2.75, 3.05) is 0 Å². The molecule has 4 rings (SSSR count). The van der Waals surface area contributed by atoms with Gasteiger partial charge in [0.25, 0.3) is 5.56 Å². The summed E-state index contributed by atoms with van der Waals surface area (Å²) in [4.78, 5) is 15.6. The minimum atomic E-state index is -0.299. The molecule has 6 nitrogen and oxygen atoms in total. The zero-order valence-electron chi connectivity index (χ0n) is 11.8. The Kier molecular flexibility index (Phi) is 3.13. The number of nitrogens with one attached hydrogen (secondary N) is 1. The van der Waals surface area contributed by atoms with Crippen LogP contribution in [0, 0.1) is 4.77 Å². The van der Waals surface area contributed by atoms with Crippen LogP contribution in [0.5, 0.6) is 0 Å². The summed E-state index contributed by atoms with van der Waals surface area (Å²) in [7, 11) is 0. The van der Waals surface area contributed by atoms with Gasteiger partial charge in [-0.3, -0.25) is 4.79 Å². The Bertz CT molecular complexity index is 1110. The molecule has 7 heteroatoms. The van der Waals surface area contributed by atoms with Gasteiger partial charge in [0, 0.05) is 5.56 Å².